The SMILES string of the molecule is COCCCOc1cc(CC(CCC(O)CC(C(N)=O)C(C)C)C(C)C)ccc1OC. The lowest BCUT2D eigenvalue weighted by molar-refractivity contribution is -0.124. The maximum atomic E-state index is 11.6. The van der Waals surface area contributed by atoms with E-state index in [9.17, 15) is 9.90 Å². The highest BCUT2D eigenvalue weighted by Crippen LogP contribution is 2.31. The molecule has 1 rings (SSSR count). The minimum absolute atomic E-state index is 0.134. The smallest absolute Gasteiger partial charge is 0.220 e. The van der Waals surface area contributed by atoms with E-state index in [1.165, 1.54) is 5.56 Å². The molecule has 0 spiro atoms. The number of methoxy groups -OCH3 is 2. The molecule has 31 heavy (non-hydrogen) atoms. The summed E-state index contributed by atoms with van der Waals surface area (Å²) in [5.74, 6) is 1.88. The summed E-state index contributed by atoms with van der Waals surface area (Å²) in [5.41, 5.74) is 6.69. The number of carbonyl (C=O) groups is 1. The Balaban J connectivity index is 2.74. The van der Waals surface area contributed by atoms with Crippen LogP contribution in [0.1, 0.15) is 58.9 Å². The first-order chi connectivity index (χ1) is 14.7. The molecule has 0 saturated heterocycles. The second-order valence-electron chi connectivity index (χ2n) is 9.11. The number of hydrogen-bond donors (Lipinski definition) is 2. The fourth-order valence-electron chi connectivity index (χ4n) is 3.85. The van der Waals surface area contributed by atoms with Crippen LogP contribution >= 0.6 is 0 Å². The minimum Gasteiger partial charge on any atom is -0.493 e. The van der Waals surface area contributed by atoms with Crippen molar-refractivity contribution < 1.29 is 24.1 Å². The van der Waals surface area contributed by atoms with Crippen LogP contribution < -0.4 is 15.2 Å². The highest BCUT2D eigenvalue weighted by molar-refractivity contribution is 5.76. The van der Waals surface area contributed by atoms with Crippen molar-refractivity contribution in [1.29, 1.82) is 0 Å². The van der Waals surface area contributed by atoms with Crippen molar-refractivity contribution in [2.24, 2.45) is 29.4 Å². The van der Waals surface area contributed by atoms with Gasteiger partial charge in [0.05, 0.1) is 19.8 Å². The maximum Gasteiger partial charge on any atom is 0.220 e. The number of primary amides is 1. The molecule has 0 aromatic heterocycles. The number of benzene rings is 1. The highest BCUT2D eigenvalue weighted by Gasteiger charge is 2.24. The van der Waals surface area contributed by atoms with Crippen LogP contribution in [0.25, 0.3) is 0 Å². The van der Waals surface area contributed by atoms with Gasteiger partial charge in [-0.1, -0.05) is 33.8 Å². The zero-order valence-electron chi connectivity index (χ0n) is 20.2. The number of rotatable bonds is 16. The van der Waals surface area contributed by atoms with Gasteiger partial charge in [-0.3, -0.25) is 4.79 Å². The van der Waals surface area contributed by atoms with Crippen molar-refractivity contribution in [3.63, 3.8) is 0 Å². The van der Waals surface area contributed by atoms with Crippen molar-refractivity contribution in [3.05, 3.63) is 23.8 Å². The molecule has 0 radical (unpaired) electrons. The molecule has 0 fully saturated rings. The molecule has 178 valence electrons. The van der Waals surface area contributed by atoms with E-state index >= 15 is 0 Å². The van der Waals surface area contributed by atoms with Crippen LogP contribution in [0.15, 0.2) is 18.2 Å². The van der Waals surface area contributed by atoms with E-state index < -0.39 is 6.10 Å². The summed E-state index contributed by atoms with van der Waals surface area (Å²) in [7, 11) is 3.33. The summed E-state index contributed by atoms with van der Waals surface area (Å²) < 4.78 is 16.4. The first kappa shape index (κ1) is 27.2. The molecule has 6 nitrogen and oxygen atoms in total. The molecule has 0 aliphatic carbocycles. The Morgan fingerprint density at radius 2 is 1.74 bits per heavy atom. The van der Waals surface area contributed by atoms with Gasteiger partial charge in [-0.05, 0) is 61.1 Å². The molecule has 0 bridgehead atoms. The Labute approximate surface area is 188 Å². The van der Waals surface area contributed by atoms with Crippen LogP contribution in [0, 0.1) is 23.7 Å². The second kappa shape index (κ2) is 14.3. The molecule has 1 amide bonds. The zero-order chi connectivity index (χ0) is 23.4. The summed E-state index contributed by atoms with van der Waals surface area (Å²) in [4.78, 5) is 11.6. The summed E-state index contributed by atoms with van der Waals surface area (Å²) in [6, 6.07) is 6.08. The number of hydrogen-bond acceptors (Lipinski definition) is 5. The third-order valence-electron chi connectivity index (χ3n) is 5.99. The van der Waals surface area contributed by atoms with E-state index in [0.717, 1.165) is 30.8 Å². The fourth-order valence-corrected chi connectivity index (χ4v) is 3.85. The van der Waals surface area contributed by atoms with E-state index in [4.69, 9.17) is 19.9 Å². The number of amides is 1. The Kier molecular flexibility index (Phi) is 12.6. The van der Waals surface area contributed by atoms with Gasteiger partial charge in [0.1, 0.15) is 0 Å². The first-order valence-electron chi connectivity index (χ1n) is 11.5. The molecule has 0 aliphatic rings. The monoisotopic (exact) mass is 437 g/mol. The van der Waals surface area contributed by atoms with Crippen LogP contribution in [0.2, 0.25) is 0 Å². The van der Waals surface area contributed by atoms with E-state index in [0.29, 0.717) is 37.9 Å². The van der Waals surface area contributed by atoms with Gasteiger partial charge in [-0.25, -0.2) is 0 Å². The van der Waals surface area contributed by atoms with Gasteiger partial charge in [-0.15, -0.1) is 0 Å². The van der Waals surface area contributed by atoms with Gasteiger partial charge in [-0.2, -0.15) is 0 Å². The lowest BCUT2D eigenvalue weighted by atomic mass is 9.83. The highest BCUT2D eigenvalue weighted by atomic mass is 16.5. The predicted molar refractivity (Wildman–Crippen MR) is 124 cm³/mol. The van der Waals surface area contributed by atoms with Crippen LogP contribution in [-0.4, -0.2) is 44.6 Å². The Morgan fingerprint density at radius 1 is 1.03 bits per heavy atom. The Bertz CT molecular complexity index is 647. The molecular formula is C25H43NO5. The van der Waals surface area contributed by atoms with Gasteiger partial charge >= 0.3 is 0 Å². The Hall–Kier alpha value is -1.79. The number of ether oxygens (including phenoxy) is 3. The van der Waals surface area contributed by atoms with Gasteiger partial charge in [0.2, 0.25) is 5.91 Å². The number of aliphatic hydroxyl groups is 1. The third-order valence-corrected chi connectivity index (χ3v) is 5.99. The molecule has 0 heterocycles. The van der Waals surface area contributed by atoms with E-state index in [1.807, 2.05) is 19.9 Å². The van der Waals surface area contributed by atoms with Crippen LogP contribution in [0.5, 0.6) is 11.5 Å². The van der Waals surface area contributed by atoms with Crippen molar-refractivity contribution in [3.8, 4) is 11.5 Å². The van der Waals surface area contributed by atoms with Crippen LogP contribution in [0.4, 0.5) is 0 Å². The lowest BCUT2D eigenvalue weighted by Gasteiger charge is -2.25. The predicted octanol–water partition coefficient (Wildman–Crippen LogP) is 4.21. The Morgan fingerprint density at radius 3 is 2.29 bits per heavy atom. The van der Waals surface area contributed by atoms with Crippen LogP contribution in [0.3, 0.4) is 0 Å². The number of carbonyl (C=O) groups excluding carboxylic acids is 1. The van der Waals surface area contributed by atoms with Gasteiger partial charge in [0.15, 0.2) is 11.5 Å². The summed E-state index contributed by atoms with van der Waals surface area (Å²) >= 11 is 0. The van der Waals surface area contributed by atoms with E-state index in [-0.39, 0.29) is 17.7 Å². The van der Waals surface area contributed by atoms with Gasteiger partial charge in [0, 0.05) is 26.1 Å². The average Bonchev–Trinajstić information content (AvgIpc) is 2.71. The van der Waals surface area contributed by atoms with Crippen molar-refractivity contribution >= 4 is 5.91 Å². The summed E-state index contributed by atoms with van der Waals surface area (Å²) in [6.45, 7) is 9.60. The van der Waals surface area contributed by atoms with Gasteiger partial charge < -0.3 is 25.1 Å². The third kappa shape index (κ3) is 9.92. The first-order valence-corrected chi connectivity index (χ1v) is 11.5. The molecule has 1 aromatic carbocycles. The maximum absolute atomic E-state index is 11.6. The van der Waals surface area contributed by atoms with E-state index in [1.54, 1.807) is 14.2 Å². The molecule has 3 N–H and O–H groups in total. The average molecular weight is 438 g/mol. The van der Waals surface area contributed by atoms with Crippen molar-refractivity contribution in [1.82, 2.24) is 0 Å². The summed E-state index contributed by atoms with van der Waals surface area (Å²) in [6.07, 6.45) is 3.18. The molecule has 0 aliphatic heterocycles. The molecule has 3 unspecified atom stereocenters. The molecule has 1 aromatic rings. The van der Waals surface area contributed by atoms with Crippen molar-refractivity contribution in [2.45, 2.75) is 65.9 Å². The molecule has 0 saturated carbocycles. The quantitative estimate of drug-likeness (QED) is 0.378. The normalized spacial score (nSPS) is 14.5. The number of aliphatic hydroxyl groups excluding tert-OH is 1. The summed E-state index contributed by atoms with van der Waals surface area (Å²) in [5, 5.41) is 10.5. The van der Waals surface area contributed by atoms with Gasteiger partial charge in [0.25, 0.3) is 0 Å². The fraction of sp³-hybridized carbons (Fsp3) is 0.720. The van der Waals surface area contributed by atoms with Crippen LogP contribution in [-0.2, 0) is 16.0 Å². The van der Waals surface area contributed by atoms with E-state index in [2.05, 4.69) is 26.0 Å². The largest absolute Gasteiger partial charge is 0.493 e. The molecule has 3 atom stereocenters. The standard InChI is InChI=1S/C25H43NO5/c1-17(2)20(9-10-21(27)16-22(18(3)4)25(26)28)14-19-8-11-23(30-6)24(15-19)31-13-7-12-29-5/h8,11,15,17-18,20-22,27H,7,9-10,12-14,16H2,1-6H3,(H2,26,28). The zero-order valence-corrected chi connectivity index (χ0v) is 20.2. The number of nitrogens with two attached hydrogens (primary N) is 1. The molecular weight excluding hydrogens is 394 g/mol. The van der Waals surface area contributed by atoms with Crippen molar-refractivity contribution in [2.75, 3.05) is 27.4 Å². The topological polar surface area (TPSA) is 91.0 Å². The lowest BCUT2D eigenvalue weighted by Crippen LogP contribution is -2.31. The molecule has 6 heteroatoms. The second-order valence-corrected chi connectivity index (χ2v) is 9.11. The minimum atomic E-state index is -0.517.